The van der Waals surface area contributed by atoms with Gasteiger partial charge in [0.25, 0.3) is 0 Å². The lowest BCUT2D eigenvalue weighted by Gasteiger charge is -2.14. The molecule has 0 saturated heterocycles. The molecule has 0 aromatic heterocycles. The lowest BCUT2D eigenvalue weighted by atomic mass is 9.92. The fourth-order valence-electron chi connectivity index (χ4n) is 3.20. The van der Waals surface area contributed by atoms with Gasteiger partial charge in [0.2, 0.25) is 0 Å². The number of benzene rings is 2. The number of ether oxygens (including phenoxy) is 2. The molecular weight excluding hydrogens is 298 g/mol. The van der Waals surface area contributed by atoms with Gasteiger partial charge in [-0.15, -0.1) is 12.4 Å². The highest BCUT2D eigenvalue weighted by atomic mass is 35.5. The summed E-state index contributed by atoms with van der Waals surface area (Å²) in [6, 6.07) is 12.7. The maximum atomic E-state index is 5.71. The molecule has 0 bridgehead atoms. The minimum absolute atomic E-state index is 0. The summed E-state index contributed by atoms with van der Waals surface area (Å²) in [6.45, 7) is 0.717. The van der Waals surface area contributed by atoms with E-state index in [-0.39, 0.29) is 12.4 Å². The van der Waals surface area contributed by atoms with Crippen molar-refractivity contribution in [2.45, 2.75) is 18.8 Å². The van der Waals surface area contributed by atoms with Crippen LogP contribution < -0.4 is 15.2 Å². The van der Waals surface area contributed by atoms with Crippen molar-refractivity contribution in [3.63, 3.8) is 0 Å². The van der Waals surface area contributed by atoms with Crippen LogP contribution in [0, 0.1) is 0 Å². The summed E-state index contributed by atoms with van der Waals surface area (Å²) in [5, 5.41) is 0. The molecular formula is C18H22ClNO2. The molecule has 0 saturated carbocycles. The number of hydrogen-bond acceptors (Lipinski definition) is 3. The third-order valence-electron chi connectivity index (χ3n) is 4.26. The molecule has 2 aromatic carbocycles. The number of nitrogens with two attached hydrogens (primary N) is 1. The van der Waals surface area contributed by atoms with Gasteiger partial charge in [-0.2, -0.15) is 0 Å². The van der Waals surface area contributed by atoms with Crippen molar-refractivity contribution in [1.82, 2.24) is 0 Å². The predicted molar refractivity (Wildman–Crippen MR) is 92.4 cm³/mol. The maximum Gasteiger partial charge on any atom is 0.119 e. The Kier molecular flexibility index (Phi) is 5.33. The number of halogens is 1. The lowest BCUT2D eigenvalue weighted by Crippen LogP contribution is -2.04. The van der Waals surface area contributed by atoms with Gasteiger partial charge in [0, 0.05) is 5.92 Å². The summed E-state index contributed by atoms with van der Waals surface area (Å²) in [4.78, 5) is 0. The summed E-state index contributed by atoms with van der Waals surface area (Å²) in [5.74, 6) is 2.20. The summed E-state index contributed by atoms with van der Waals surface area (Å²) < 4.78 is 10.8. The molecule has 0 fully saturated rings. The van der Waals surface area contributed by atoms with Gasteiger partial charge in [-0.1, -0.05) is 12.1 Å². The molecule has 0 aliphatic heterocycles. The Balaban J connectivity index is 0.00000176. The quantitative estimate of drug-likeness (QED) is 0.906. The van der Waals surface area contributed by atoms with E-state index in [1.54, 1.807) is 14.2 Å². The van der Waals surface area contributed by atoms with Crippen molar-refractivity contribution in [2.75, 3.05) is 20.8 Å². The molecule has 0 heterocycles. The van der Waals surface area contributed by atoms with Gasteiger partial charge in [0.15, 0.2) is 0 Å². The van der Waals surface area contributed by atoms with Crippen molar-refractivity contribution in [2.24, 2.45) is 5.73 Å². The van der Waals surface area contributed by atoms with E-state index in [1.807, 2.05) is 12.1 Å². The first-order valence-corrected chi connectivity index (χ1v) is 7.34. The minimum Gasteiger partial charge on any atom is -0.497 e. The Labute approximate surface area is 137 Å². The van der Waals surface area contributed by atoms with Gasteiger partial charge < -0.3 is 15.2 Å². The first-order chi connectivity index (χ1) is 10.3. The van der Waals surface area contributed by atoms with Gasteiger partial charge in [-0.25, -0.2) is 0 Å². The van der Waals surface area contributed by atoms with Crippen LogP contribution in [0.1, 0.15) is 29.9 Å². The fourth-order valence-corrected chi connectivity index (χ4v) is 3.20. The Morgan fingerprint density at radius 1 is 0.909 bits per heavy atom. The van der Waals surface area contributed by atoms with Crippen molar-refractivity contribution >= 4 is 12.4 Å². The zero-order chi connectivity index (χ0) is 14.8. The Morgan fingerprint density at radius 3 is 1.82 bits per heavy atom. The minimum atomic E-state index is 0. The number of rotatable bonds is 5. The molecule has 0 spiro atoms. The zero-order valence-electron chi connectivity index (χ0n) is 13.0. The second-order valence-electron chi connectivity index (χ2n) is 5.39. The van der Waals surface area contributed by atoms with Crippen LogP contribution in [0.2, 0.25) is 0 Å². The van der Waals surface area contributed by atoms with Crippen LogP contribution in [0.25, 0.3) is 11.1 Å². The third-order valence-corrected chi connectivity index (χ3v) is 4.26. The molecule has 118 valence electrons. The third kappa shape index (κ3) is 2.79. The highest BCUT2D eigenvalue weighted by Gasteiger charge is 2.29. The number of methoxy groups -OCH3 is 2. The van der Waals surface area contributed by atoms with Crippen LogP contribution in [0.4, 0.5) is 0 Å². The molecule has 0 radical (unpaired) electrons. The van der Waals surface area contributed by atoms with Crippen LogP contribution in [-0.2, 0) is 0 Å². The Hall–Kier alpha value is -1.71. The molecule has 0 amide bonds. The molecule has 2 aromatic rings. The second kappa shape index (κ2) is 7.03. The van der Waals surface area contributed by atoms with Crippen molar-refractivity contribution in [3.05, 3.63) is 47.5 Å². The molecule has 1 aliphatic rings. The first-order valence-electron chi connectivity index (χ1n) is 7.34. The van der Waals surface area contributed by atoms with Crippen molar-refractivity contribution < 1.29 is 9.47 Å². The van der Waals surface area contributed by atoms with Gasteiger partial charge in [-0.3, -0.25) is 0 Å². The van der Waals surface area contributed by atoms with E-state index in [0.717, 1.165) is 30.9 Å². The normalized spacial score (nSPS) is 12.3. The standard InChI is InChI=1S/C18H21NO2.ClH/c1-20-12-5-7-15-16-8-6-13(21-2)11-18(16)14(4-3-9-19)17(15)10-12;/h5-8,10-11,14H,3-4,9,19H2,1-2H3;1H. The molecule has 3 rings (SSSR count). The van der Waals surface area contributed by atoms with E-state index in [9.17, 15) is 0 Å². The van der Waals surface area contributed by atoms with E-state index < -0.39 is 0 Å². The van der Waals surface area contributed by atoms with E-state index in [2.05, 4.69) is 24.3 Å². The molecule has 4 heteroatoms. The summed E-state index contributed by atoms with van der Waals surface area (Å²) >= 11 is 0. The molecule has 3 nitrogen and oxygen atoms in total. The Morgan fingerprint density at radius 2 is 1.41 bits per heavy atom. The van der Waals surface area contributed by atoms with E-state index >= 15 is 0 Å². The Bertz CT molecular complexity index is 604. The average molecular weight is 320 g/mol. The molecule has 22 heavy (non-hydrogen) atoms. The maximum absolute atomic E-state index is 5.71. The zero-order valence-corrected chi connectivity index (χ0v) is 13.8. The lowest BCUT2D eigenvalue weighted by molar-refractivity contribution is 0.413. The van der Waals surface area contributed by atoms with E-state index in [1.165, 1.54) is 22.3 Å². The van der Waals surface area contributed by atoms with Crippen molar-refractivity contribution in [3.8, 4) is 22.6 Å². The van der Waals surface area contributed by atoms with Crippen LogP contribution in [0.15, 0.2) is 36.4 Å². The largest absolute Gasteiger partial charge is 0.497 e. The van der Waals surface area contributed by atoms with Crippen LogP contribution in [0.5, 0.6) is 11.5 Å². The van der Waals surface area contributed by atoms with Crippen molar-refractivity contribution in [1.29, 1.82) is 0 Å². The fraction of sp³-hybridized carbons (Fsp3) is 0.333. The molecule has 0 unspecified atom stereocenters. The van der Waals surface area contributed by atoms with Gasteiger partial charge in [0.1, 0.15) is 11.5 Å². The van der Waals surface area contributed by atoms with E-state index in [0.29, 0.717) is 5.92 Å². The summed E-state index contributed by atoms with van der Waals surface area (Å²) in [6.07, 6.45) is 2.06. The highest BCUT2D eigenvalue weighted by Crippen LogP contribution is 2.48. The van der Waals surface area contributed by atoms with Gasteiger partial charge >= 0.3 is 0 Å². The second-order valence-corrected chi connectivity index (χ2v) is 5.39. The van der Waals surface area contributed by atoms with E-state index in [4.69, 9.17) is 15.2 Å². The topological polar surface area (TPSA) is 44.5 Å². The average Bonchev–Trinajstić information content (AvgIpc) is 2.84. The summed E-state index contributed by atoms with van der Waals surface area (Å²) in [7, 11) is 3.42. The summed E-state index contributed by atoms with van der Waals surface area (Å²) in [5.41, 5.74) is 11.0. The smallest absolute Gasteiger partial charge is 0.119 e. The molecule has 2 N–H and O–H groups in total. The first kappa shape index (κ1) is 16.7. The number of fused-ring (bicyclic) bond motifs is 3. The van der Waals surface area contributed by atoms with Gasteiger partial charge in [0.05, 0.1) is 14.2 Å². The SMILES string of the molecule is COc1ccc2c(c1)C(CCCN)c1cc(OC)ccc1-2.Cl. The monoisotopic (exact) mass is 319 g/mol. The van der Waals surface area contributed by atoms with Crippen LogP contribution in [0.3, 0.4) is 0 Å². The van der Waals surface area contributed by atoms with Gasteiger partial charge in [-0.05, 0) is 65.9 Å². The predicted octanol–water partition coefficient (Wildman–Crippen LogP) is 3.98. The molecule has 0 atom stereocenters. The molecule has 1 aliphatic carbocycles. The number of hydrogen-bond donors (Lipinski definition) is 1. The van der Waals surface area contributed by atoms with Crippen LogP contribution >= 0.6 is 12.4 Å². The van der Waals surface area contributed by atoms with Crippen LogP contribution in [-0.4, -0.2) is 20.8 Å². The highest BCUT2D eigenvalue weighted by molar-refractivity contribution is 5.85.